The molecule has 2 aromatic carbocycles. The number of hydrogen-bond donors (Lipinski definition) is 1. The van der Waals surface area contributed by atoms with E-state index in [1.54, 1.807) is 13.0 Å². The smallest absolute Gasteiger partial charge is 0.207 e. The Bertz CT molecular complexity index is 820. The molecule has 2 aromatic rings. The second-order valence-corrected chi connectivity index (χ2v) is 7.11. The minimum atomic E-state index is -4.47. The molecule has 1 N–H and O–H groups in total. The van der Waals surface area contributed by atoms with Crippen LogP contribution in [0.3, 0.4) is 0 Å². The molecule has 0 atom stereocenters. The Hall–Kier alpha value is -1.57. The highest BCUT2D eigenvalue weighted by molar-refractivity contribution is 7.89. The third kappa shape index (κ3) is 4.46. The van der Waals surface area contributed by atoms with Gasteiger partial charge in [0.15, 0.2) is 0 Å². The van der Waals surface area contributed by atoms with Crippen molar-refractivity contribution in [3.8, 4) is 0 Å². The van der Waals surface area contributed by atoms with Crippen LogP contribution < -0.4 is 4.72 Å². The summed E-state index contributed by atoms with van der Waals surface area (Å²) < 4.78 is 64.5. The fraction of sp³-hybridized carbons (Fsp3) is 0.200. The molecule has 0 spiro atoms. The Morgan fingerprint density at radius 1 is 1.13 bits per heavy atom. The maximum Gasteiger partial charge on any atom is 0.416 e. The van der Waals surface area contributed by atoms with Gasteiger partial charge in [0.25, 0.3) is 0 Å². The minimum absolute atomic E-state index is 0.0416. The number of nitrogens with one attached hydrogen (secondary N) is 1. The third-order valence-electron chi connectivity index (χ3n) is 3.17. The van der Waals surface area contributed by atoms with Crippen LogP contribution in [0.1, 0.15) is 16.7 Å². The second kappa shape index (κ2) is 6.51. The lowest BCUT2D eigenvalue weighted by atomic mass is 10.1. The van der Waals surface area contributed by atoms with Gasteiger partial charge < -0.3 is 0 Å². The maximum absolute atomic E-state index is 12.6. The molecular weight excluding hydrogens is 351 g/mol. The Kier molecular flexibility index (Phi) is 5.03. The molecule has 0 bridgehead atoms. The summed E-state index contributed by atoms with van der Waals surface area (Å²) in [7, 11) is -3.86. The Balaban J connectivity index is 2.18. The van der Waals surface area contributed by atoms with Gasteiger partial charge in [0, 0.05) is 11.6 Å². The zero-order valence-electron chi connectivity index (χ0n) is 12.0. The average Bonchev–Trinajstić information content (AvgIpc) is 2.47. The molecule has 23 heavy (non-hydrogen) atoms. The second-order valence-electron chi connectivity index (χ2n) is 4.93. The number of sulfonamides is 1. The van der Waals surface area contributed by atoms with Crippen LogP contribution in [0.25, 0.3) is 0 Å². The predicted molar refractivity (Wildman–Crippen MR) is 81.7 cm³/mol. The van der Waals surface area contributed by atoms with Gasteiger partial charge >= 0.3 is 6.18 Å². The molecular formula is C15H13ClF3NO2S. The van der Waals surface area contributed by atoms with E-state index < -0.39 is 21.8 Å². The molecule has 0 saturated heterocycles. The van der Waals surface area contributed by atoms with Crippen molar-refractivity contribution in [3.05, 3.63) is 64.2 Å². The quantitative estimate of drug-likeness (QED) is 0.887. The Morgan fingerprint density at radius 3 is 2.43 bits per heavy atom. The number of alkyl halides is 3. The van der Waals surface area contributed by atoms with E-state index >= 15 is 0 Å². The van der Waals surface area contributed by atoms with E-state index in [1.165, 1.54) is 24.3 Å². The van der Waals surface area contributed by atoms with Crippen molar-refractivity contribution in [3.63, 3.8) is 0 Å². The van der Waals surface area contributed by atoms with Crippen LogP contribution in [0.2, 0.25) is 5.02 Å². The average molecular weight is 364 g/mol. The molecule has 2 rings (SSSR count). The lowest BCUT2D eigenvalue weighted by Gasteiger charge is -2.10. The summed E-state index contributed by atoms with van der Waals surface area (Å²) in [5.41, 5.74) is 0.109. The van der Waals surface area contributed by atoms with Crippen molar-refractivity contribution in [2.75, 3.05) is 0 Å². The number of rotatable bonds is 4. The molecule has 8 heteroatoms. The van der Waals surface area contributed by atoms with Gasteiger partial charge in [-0.3, -0.25) is 0 Å². The standard InChI is InChI=1S/C15H13ClF3NO2S/c1-10-5-6-13(8-14(10)16)23(21,22)20-9-11-3-2-4-12(7-11)15(17,18)19/h2-8,20H,9H2,1H3. The van der Waals surface area contributed by atoms with E-state index in [2.05, 4.69) is 4.72 Å². The van der Waals surface area contributed by atoms with Gasteiger partial charge in [-0.1, -0.05) is 35.9 Å². The minimum Gasteiger partial charge on any atom is -0.207 e. The van der Waals surface area contributed by atoms with Crippen molar-refractivity contribution in [2.45, 2.75) is 24.5 Å². The summed E-state index contributed by atoms with van der Waals surface area (Å²) in [6, 6.07) is 8.72. The molecule has 3 nitrogen and oxygen atoms in total. The van der Waals surface area contributed by atoms with Crippen LogP contribution in [-0.4, -0.2) is 8.42 Å². The zero-order valence-corrected chi connectivity index (χ0v) is 13.6. The number of halogens is 4. The Morgan fingerprint density at radius 2 is 1.83 bits per heavy atom. The molecule has 0 amide bonds. The molecule has 0 heterocycles. The zero-order chi connectivity index (χ0) is 17.3. The first-order valence-corrected chi connectivity index (χ1v) is 8.38. The molecule has 124 valence electrons. The highest BCUT2D eigenvalue weighted by Gasteiger charge is 2.30. The lowest BCUT2D eigenvalue weighted by Crippen LogP contribution is -2.23. The summed E-state index contributed by atoms with van der Waals surface area (Å²) in [6.07, 6.45) is -4.47. The summed E-state index contributed by atoms with van der Waals surface area (Å²) in [5, 5.41) is 0.298. The first-order valence-electron chi connectivity index (χ1n) is 6.51. The molecule has 0 aliphatic carbocycles. The first-order chi connectivity index (χ1) is 10.6. The van der Waals surface area contributed by atoms with Gasteiger partial charge in [-0.2, -0.15) is 13.2 Å². The van der Waals surface area contributed by atoms with Crippen LogP contribution in [0.15, 0.2) is 47.4 Å². The van der Waals surface area contributed by atoms with Crippen molar-refractivity contribution in [1.82, 2.24) is 4.72 Å². The maximum atomic E-state index is 12.6. The normalized spacial score (nSPS) is 12.4. The van der Waals surface area contributed by atoms with E-state index in [0.717, 1.165) is 17.7 Å². The predicted octanol–water partition coefficient (Wildman–Crippen LogP) is 4.15. The van der Waals surface area contributed by atoms with Crippen LogP contribution in [-0.2, 0) is 22.7 Å². The molecule has 0 aromatic heterocycles. The van der Waals surface area contributed by atoms with Gasteiger partial charge in [0.2, 0.25) is 10.0 Å². The summed E-state index contributed by atoms with van der Waals surface area (Å²) in [4.78, 5) is -0.0416. The highest BCUT2D eigenvalue weighted by atomic mass is 35.5. The molecule has 0 aliphatic rings. The topological polar surface area (TPSA) is 46.2 Å². The van der Waals surface area contributed by atoms with Crippen LogP contribution in [0.4, 0.5) is 13.2 Å². The van der Waals surface area contributed by atoms with E-state index in [0.29, 0.717) is 5.02 Å². The highest BCUT2D eigenvalue weighted by Crippen LogP contribution is 2.29. The molecule has 0 saturated carbocycles. The summed E-state index contributed by atoms with van der Waals surface area (Å²) >= 11 is 5.89. The largest absolute Gasteiger partial charge is 0.416 e. The van der Waals surface area contributed by atoms with E-state index in [9.17, 15) is 21.6 Å². The fourth-order valence-electron chi connectivity index (χ4n) is 1.86. The van der Waals surface area contributed by atoms with Crippen LogP contribution >= 0.6 is 11.6 Å². The SMILES string of the molecule is Cc1ccc(S(=O)(=O)NCc2cccc(C(F)(F)F)c2)cc1Cl. The monoisotopic (exact) mass is 363 g/mol. The van der Waals surface area contributed by atoms with Gasteiger partial charge in [0.05, 0.1) is 10.5 Å². The van der Waals surface area contributed by atoms with Gasteiger partial charge in [-0.25, -0.2) is 13.1 Å². The molecule has 0 radical (unpaired) electrons. The lowest BCUT2D eigenvalue weighted by molar-refractivity contribution is -0.137. The van der Waals surface area contributed by atoms with Crippen molar-refractivity contribution in [1.29, 1.82) is 0 Å². The van der Waals surface area contributed by atoms with Crippen molar-refractivity contribution in [2.24, 2.45) is 0 Å². The Labute approximate surface area is 137 Å². The third-order valence-corrected chi connectivity index (χ3v) is 4.98. The van der Waals surface area contributed by atoms with Gasteiger partial charge in [0.1, 0.15) is 0 Å². The van der Waals surface area contributed by atoms with E-state index in [1.807, 2.05) is 0 Å². The van der Waals surface area contributed by atoms with Crippen molar-refractivity contribution < 1.29 is 21.6 Å². The van der Waals surface area contributed by atoms with Crippen molar-refractivity contribution >= 4 is 21.6 Å². The first kappa shape index (κ1) is 17.8. The van der Waals surface area contributed by atoms with Gasteiger partial charge in [-0.05, 0) is 36.2 Å². The van der Waals surface area contributed by atoms with E-state index in [4.69, 9.17) is 11.6 Å². The molecule has 0 unspecified atom stereocenters. The number of aryl methyl sites for hydroxylation is 1. The van der Waals surface area contributed by atoms with Crippen LogP contribution in [0.5, 0.6) is 0 Å². The van der Waals surface area contributed by atoms with Crippen LogP contribution in [0, 0.1) is 6.92 Å². The van der Waals surface area contributed by atoms with Gasteiger partial charge in [-0.15, -0.1) is 0 Å². The summed E-state index contributed by atoms with van der Waals surface area (Å²) in [5.74, 6) is 0. The van der Waals surface area contributed by atoms with E-state index in [-0.39, 0.29) is 17.0 Å². The molecule has 0 aliphatic heterocycles. The fourth-order valence-corrected chi connectivity index (χ4v) is 3.15. The number of benzene rings is 2. The molecule has 0 fully saturated rings. The summed E-state index contributed by atoms with van der Waals surface area (Å²) in [6.45, 7) is 1.48. The number of hydrogen-bond acceptors (Lipinski definition) is 2.